The Hall–Kier alpha value is -0.300. The summed E-state index contributed by atoms with van der Waals surface area (Å²) in [6, 6.07) is 0. The summed E-state index contributed by atoms with van der Waals surface area (Å²) in [4.78, 5) is 0. The Balaban J connectivity index is 1.85. The van der Waals surface area contributed by atoms with Crippen molar-refractivity contribution in [2.75, 3.05) is 0 Å². The second-order valence-electron chi connectivity index (χ2n) is 6.85. The Morgan fingerprint density at radius 1 is 1.25 bits per heavy atom. The van der Waals surface area contributed by atoms with Gasteiger partial charge in [-0.05, 0) is 63.2 Å². The molecular formula is C15H24O. The SMILES string of the molecule is C=C(C)[C@H]1CC[C@@]2(C)CC[C@H]3O[C@@]3(C)[C@@H]2C1. The third kappa shape index (κ3) is 1.33. The van der Waals surface area contributed by atoms with Gasteiger partial charge in [-0.25, -0.2) is 0 Å². The fourth-order valence-electron chi connectivity index (χ4n) is 4.42. The molecule has 1 saturated heterocycles. The monoisotopic (exact) mass is 220 g/mol. The molecule has 1 aliphatic heterocycles. The summed E-state index contributed by atoms with van der Waals surface area (Å²) in [5, 5.41) is 0. The van der Waals surface area contributed by atoms with Crippen molar-refractivity contribution in [2.45, 2.75) is 64.6 Å². The molecule has 1 heteroatoms. The third-order valence-electron chi connectivity index (χ3n) is 5.77. The van der Waals surface area contributed by atoms with Crippen LogP contribution in [0.5, 0.6) is 0 Å². The number of fused-ring (bicyclic) bond motifs is 3. The molecule has 3 aliphatic rings. The zero-order valence-corrected chi connectivity index (χ0v) is 10.9. The summed E-state index contributed by atoms with van der Waals surface area (Å²) in [5.41, 5.74) is 2.16. The summed E-state index contributed by atoms with van der Waals surface area (Å²) in [7, 11) is 0. The second-order valence-corrected chi connectivity index (χ2v) is 6.85. The maximum atomic E-state index is 6.00. The maximum Gasteiger partial charge on any atom is 0.0953 e. The van der Waals surface area contributed by atoms with Crippen molar-refractivity contribution in [1.29, 1.82) is 0 Å². The Morgan fingerprint density at radius 2 is 1.94 bits per heavy atom. The lowest BCUT2D eigenvalue weighted by molar-refractivity contribution is 0.0173. The number of ether oxygens (including phenoxy) is 1. The van der Waals surface area contributed by atoms with E-state index in [9.17, 15) is 0 Å². The van der Waals surface area contributed by atoms with Crippen LogP contribution in [-0.2, 0) is 4.74 Å². The molecule has 1 nitrogen and oxygen atoms in total. The highest BCUT2D eigenvalue weighted by Crippen LogP contribution is 2.63. The van der Waals surface area contributed by atoms with Crippen LogP contribution < -0.4 is 0 Å². The summed E-state index contributed by atoms with van der Waals surface area (Å²) in [5.74, 6) is 1.52. The van der Waals surface area contributed by atoms with Crippen LogP contribution in [0.25, 0.3) is 0 Å². The van der Waals surface area contributed by atoms with Gasteiger partial charge >= 0.3 is 0 Å². The largest absolute Gasteiger partial charge is 0.366 e. The zero-order valence-electron chi connectivity index (χ0n) is 10.9. The average Bonchev–Trinajstić information content (AvgIpc) is 2.89. The van der Waals surface area contributed by atoms with Gasteiger partial charge in [0.1, 0.15) is 0 Å². The molecule has 0 amide bonds. The Labute approximate surface area is 99.3 Å². The van der Waals surface area contributed by atoms with Crippen molar-refractivity contribution in [1.82, 2.24) is 0 Å². The molecule has 1 heterocycles. The van der Waals surface area contributed by atoms with Gasteiger partial charge in [0.25, 0.3) is 0 Å². The molecule has 90 valence electrons. The van der Waals surface area contributed by atoms with Crippen molar-refractivity contribution in [3.05, 3.63) is 12.2 Å². The Morgan fingerprint density at radius 3 is 2.62 bits per heavy atom. The van der Waals surface area contributed by atoms with E-state index in [1.165, 1.54) is 37.7 Å². The number of hydrogen-bond donors (Lipinski definition) is 0. The predicted octanol–water partition coefficient (Wildman–Crippen LogP) is 3.94. The minimum Gasteiger partial charge on any atom is -0.366 e. The van der Waals surface area contributed by atoms with Gasteiger partial charge in [0.05, 0.1) is 11.7 Å². The van der Waals surface area contributed by atoms with Crippen molar-refractivity contribution in [3.8, 4) is 0 Å². The van der Waals surface area contributed by atoms with Crippen LogP contribution >= 0.6 is 0 Å². The van der Waals surface area contributed by atoms with Crippen molar-refractivity contribution in [2.24, 2.45) is 17.3 Å². The molecule has 16 heavy (non-hydrogen) atoms. The van der Waals surface area contributed by atoms with Gasteiger partial charge in [-0.15, -0.1) is 0 Å². The molecule has 0 spiro atoms. The van der Waals surface area contributed by atoms with Gasteiger partial charge in [-0.1, -0.05) is 19.1 Å². The highest BCUT2D eigenvalue weighted by atomic mass is 16.6. The first-order valence-corrected chi connectivity index (χ1v) is 6.79. The van der Waals surface area contributed by atoms with E-state index < -0.39 is 0 Å². The molecule has 3 fully saturated rings. The van der Waals surface area contributed by atoms with Gasteiger partial charge in [0.2, 0.25) is 0 Å². The van der Waals surface area contributed by atoms with Crippen LogP contribution in [0.15, 0.2) is 12.2 Å². The van der Waals surface area contributed by atoms with Crippen LogP contribution in [0.3, 0.4) is 0 Å². The van der Waals surface area contributed by atoms with E-state index in [2.05, 4.69) is 27.4 Å². The summed E-state index contributed by atoms with van der Waals surface area (Å²) in [6.45, 7) is 11.2. The van der Waals surface area contributed by atoms with Crippen LogP contribution in [0.2, 0.25) is 0 Å². The van der Waals surface area contributed by atoms with Crippen LogP contribution in [0, 0.1) is 17.3 Å². The smallest absolute Gasteiger partial charge is 0.0953 e. The number of hydrogen-bond acceptors (Lipinski definition) is 1. The van der Waals surface area contributed by atoms with Gasteiger partial charge in [-0.2, -0.15) is 0 Å². The molecule has 0 bridgehead atoms. The van der Waals surface area contributed by atoms with Crippen LogP contribution in [0.4, 0.5) is 0 Å². The standard InChI is InChI=1S/C15H24O/c1-10(2)11-5-7-14(3)8-6-13-15(4,16-13)12(14)9-11/h11-13H,1,5-9H2,2-4H3/t11-,12+,13+,14-,15-/m0/s1. The second kappa shape index (κ2) is 3.13. The van der Waals surface area contributed by atoms with Crippen molar-refractivity contribution >= 4 is 0 Å². The van der Waals surface area contributed by atoms with Gasteiger partial charge in [0.15, 0.2) is 0 Å². The predicted molar refractivity (Wildman–Crippen MR) is 66.3 cm³/mol. The molecule has 2 saturated carbocycles. The lowest BCUT2D eigenvalue weighted by Gasteiger charge is -2.49. The highest BCUT2D eigenvalue weighted by Gasteiger charge is 2.65. The van der Waals surface area contributed by atoms with E-state index in [0.717, 1.165) is 11.8 Å². The van der Waals surface area contributed by atoms with Gasteiger partial charge in [-0.3, -0.25) is 0 Å². The highest BCUT2D eigenvalue weighted by molar-refractivity contribution is 5.16. The maximum absolute atomic E-state index is 6.00. The fourth-order valence-corrected chi connectivity index (χ4v) is 4.42. The van der Waals surface area contributed by atoms with E-state index in [-0.39, 0.29) is 5.60 Å². The molecule has 0 N–H and O–H groups in total. The van der Waals surface area contributed by atoms with Gasteiger partial charge < -0.3 is 4.74 Å². The first-order valence-electron chi connectivity index (χ1n) is 6.79. The molecular weight excluding hydrogens is 196 g/mol. The number of rotatable bonds is 1. The zero-order chi connectivity index (χ0) is 11.6. The quantitative estimate of drug-likeness (QED) is 0.482. The fraction of sp³-hybridized carbons (Fsp3) is 0.867. The summed E-state index contributed by atoms with van der Waals surface area (Å²) in [6.07, 6.45) is 7.29. The lowest BCUT2D eigenvalue weighted by atomic mass is 9.54. The molecule has 5 atom stereocenters. The van der Waals surface area contributed by atoms with E-state index in [1.807, 2.05) is 0 Å². The molecule has 2 aliphatic carbocycles. The van der Waals surface area contributed by atoms with E-state index >= 15 is 0 Å². The third-order valence-corrected chi connectivity index (χ3v) is 5.77. The minimum absolute atomic E-state index is 0.223. The van der Waals surface area contributed by atoms with E-state index in [1.54, 1.807) is 0 Å². The van der Waals surface area contributed by atoms with Gasteiger partial charge in [0, 0.05) is 0 Å². The molecule has 0 radical (unpaired) electrons. The van der Waals surface area contributed by atoms with Crippen molar-refractivity contribution in [3.63, 3.8) is 0 Å². The van der Waals surface area contributed by atoms with Crippen molar-refractivity contribution < 1.29 is 4.74 Å². The first kappa shape index (κ1) is 10.8. The Kier molecular flexibility index (Phi) is 2.12. The molecule has 0 aromatic heterocycles. The van der Waals surface area contributed by atoms with Crippen LogP contribution in [-0.4, -0.2) is 11.7 Å². The minimum atomic E-state index is 0.223. The lowest BCUT2D eigenvalue weighted by Crippen LogP contribution is -2.46. The first-order chi connectivity index (χ1) is 7.46. The molecule has 0 unspecified atom stereocenters. The number of epoxide rings is 1. The van der Waals surface area contributed by atoms with E-state index in [4.69, 9.17) is 4.74 Å². The Bertz CT molecular complexity index is 334. The molecule has 0 aromatic carbocycles. The topological polar surface area (TPSA) is 12.5 Å². The molecule has 3 rings (SSSR count). The average molecular weight is 220 g/mol. The summed E-state index contributed by atoms with van der Waals surface area (Å²) >= 11 is 0. The summed E-state index contributed by atoms with van der Waals surface area (Å²) < 4.78 is 6.00. The molecule has 0 aromatic rings. The normalized spacial score (nSPS) is 55.1. The van der Waals surface area contributed by atoms with E-state index in [0.29, 0.717) is 11.5 Å². The number of allylic oxidation sites excluding steroid dienone is 1. The van der Waals surface area contributed by atoms with Crippen LogP contribution in [0.1, 0.15) is 52.9 Å².